The number of carbonyl (C=O) groups is 3. The normalized spacial score (nSPS) is 16.2. The number of carbonyl (C=O) groups excluding carboxylic acids is 3. The van der Waals surface area contributed by atoms with E-state index in [1.165, 1.54) is 11.0 Å². The number of amides is 3. The molecule has 2 heterocycles. The Labute approximate surface area is 108 Å². The van der Waals surface area contributed by atoms with Crippen LogP contribution in [0.5, 0.6) is 0 Å². The molecule has 1 N–H and O–H groups in total. The first kappa shape index (κ1) is 12.5. The Morgan fingerprint density at radius 3 is 2.56 bits per heavy atom. The lowest BCUT2D eigenvalue weighted by Crippen LogP contribution is -2.52. The first-order valence-corrected chi connectivity index (χ1v) is 6.22. The van der Waals surface area contributed by atoms with Gasteiger partial charge in [-0.3, -0.25) is 19.7 Å². The van der Waals surface area contributed by atoms with Gasteiger partial charge in [-0.25, -0.2) is 0 Å². The summed E-state index contributed by atoms with van der Waals surface area (Å²) in [5, 5.41) is 2.15. The predicted molar refractivity (Wildman–Crippen MR) is 67.8 cm³/mol. The molecule has 0 aliphatic carbocycles. The molecule has 3 amide bonds. The highest BCUT2D eigenvalue weighted by atomic mass is 32.1. The van der Waals surface area contributed by atoms with E-state index in [2.05, 4.69) is 5.32 Å². The molecule has 1 aromatic rings. The minimum Gasteiger partial charge on any atom is -0.321 e. The van der Waals surface area contributed by atoms with Crippen LogP contribution >= 0.6 is 11.3 Å². The lowest BCUT2D eigenvalue weighted by molar-refractivity contribution is -0.143. The zero-order chi connectivity index (χ0) is 13.1. The molecule has 0 atom stereocenters. The van der Waals surface area contributed by atoms with Crippen LogP contribution in [0.2, 0.25) is 0 Å². The summed E-state index contributed by atoms with van der Waals surface area (Å²) in [7, 11) is 0. The Kier molecular flexibility index (Phi) is 3.57. The van der Waals surface area contributed by atoms with E-state index in [0.717, 1.165) is 9.75 Å². The van der Waals surface area contributed by atoms with Crippen LogP contribution in [0.3, 0.4) is 0 Å². The minimum absolute atomic E-state index is 0.0711. The molecule has 1 saturated heterocycles. The maximum Gasteiger partial charge on any atom is 0.247 e. The number of thiophene rings is 1. The summed E-state index contributed by atoms with van der Waals surface area (Å²) in [6, 6.07) is 3.88. The fourth-order valence-corrected chi connectivity index (χ4v) is 2.37. The number of rotatable bonds is 2. The number of hydrogen-bond donors (Lipinski definition) is 1. The molecule has 0 spiro atoms. The summed E-state index contributed by atoms with van der Waals surface area (Å²) in [5.41, 5.74) is 0. The SMILES string of the molecule is Cc1ccc(C=CC(=O)N2CC(=O)NC(=O)C2)s1. The van der Waals surface area contributed by atoms with Crippen LogP contribution in [-0.2, 0) is 14.4 Å². The Morgan fingerprint density at radius 2 is 2.00 bits per heavy atom. The lowest BCUT2D eigenvalue weighted by Gasteiger charge is -2.24. The van der Waals surface area contributed by atoms with Gasteiger partial charge in [0.25, 0.3) is 0 Å². The van der Waals surface area contributed by atoms with Crippen molar-refractivity contribution in [3.63, 3.8) is 0 Å². The second kappa shape index (κ2) is 5.14. The van der Waals surface area contributed by atoms with Crippen LogP contribution in [0, 0.1) is 6.92 Å². The molecule has 18 heavy (non-hydrogen) atoms. The van der Waals surface area contributed by atoms with E-state index >= 15 is 0 Å². The van der Waals surface area contributed by atoms with E-state index in [1.54, 1.807) is 17.4 Å². The molecule has 6 heteroatoms. The highest BCUT2D eigenvalue weighted by molar-refractivity contribution is 7.12. The van der Waals surface area contributed by atoms with E-state index in [-0.39, 0.29) is 19.0 Å². The van der Waals surface area contributed by atoms with Crippen molar-refractivity contribution in [1.82, 2.24) is 10.2 Å². The van der Waals surface area contributed by atoms with Crippen molar-refractivity contribution < 1.29 is 14.4 Å². The summed E-state index contributed by atoms with van der Waals surface area (Å²) in [5.74, 6) is -1.22. The van der Waals surface area contributed by atoms with Crippen molar-refractivity contribution in [2.75, 3.05) is 13.1 Å². The quantitative estimate of drug-likeness (QED) is 0.627. The highest BCUT2D eigenvalue weighted by Gasteiger charge is 2.24. The first-order chi connectivity index (χ1) is 8.54. The van der Waals surface area contributed by atoms with Crippen LogP contribution in [-0.4, -0.2) is 35.7 Å². The molecule has 94 valence electrons. The van der Waals surface area contributed by atoms with Crippen LogP contribution < -0.4 is 5.32 Å². The number of nitrogens with one attached hydrogen (secondary N) is 1. The van der Waals surface area contributed by atoms with E-state index < -0.39 is 11.8 Å². The molecule has 1 aliphatic rings. The second-order valence-electron chi connectivity index (χ2n) is 3.95. The molecular formula is C12H12N2O3S. The number of nitrogens with zero attached hydrogens (tertiary/aromatic N) is 1. The molecule has 1 fully saturated rings. The maximum atomic E-state index is 11.8. The van der Waals surface area contributed by atoms with Crippen LogP contribution in [0.1, 0.15) is 9.75 Å². The number of hydrogen-bond acceptors (Lipinski definition) is 4. The van der Waals surface area contributed by atoms with Crippen molar-refractivity contribution in [1.29, 1.82) is 0 Å². The largest absolute Gasteiger partial charge is 0.321 e. The Bertz CT molecular complexity index is 517. The molecule has 0 unspecified atom stereocenters. The molecule has 2 rings (SSSR count). The average Bonchev–Trinajstić information content (AvgIpc) is 2.70. The van der Waals surface area contributed by atoms with Crippen LogP contribution in [0.4, 0.5) is 0 Å². The maximum absolute atomic E-state index is 11.8. The second-order valence-corrected chi connectivity index (χ2v) is 5.27. The first-order valence-electron chi connectivity index (χ1n) is 5.41. The summed E-state index contributed by atoms with van der Waals surface area (Å²) in [6.45, 7) is 1.84. The Balaban J connectivity index is 2.01. The smallest absolute Gasteiger partial charge is 0.247 e. The van der Waals surface area contributed by atoms with Gasteiger partial charge in [-0.15, -0.1) is 11.3 Å². The molecule has 1 aliphatic heterocycles. The fourth-order valence-electron chi connectivity index (χ4n) is 1.59. The Hall–Kier alpha value is -1.95. The molecule has 0 radical (unpaired) electrons. The van der Waals surface area contributed by atoms with Gasteiger partial charge < -0.3 is 4.90 Å². The van der Waals surface area contributed by atoms with Gasteiger partial charge in [0.15, 0.2) is 0 Å². The standard InChI is InChI=1S/C12H12N2O3S/c1-8-2-3-9(18-8)4-5-12(17)14-6-10(15)13-11(16)7-14/h2-5H,6-7H2,1H3,(H,13,15,16). The van der Waals surface area contributed by atoms with Gasteiger partial charge in [0.1, 0.15) is 13.1 Å². The van der Waals surface area contributed by atoms with Gasteiger partial charge in [0, 0.05) is 15.8 Å². The van der Waals surface area contributed by atoms with E-state index in [1.807, 2.05) is 19.1 Å². The monoisotopic (exact) mass is 264 g/mol. The topological polar surface area (TPSA) is 66.5 Å². The zero-order valence-corrected chi connectivity index (χ0v) is 10.6. The summed E-state index contributed by atoms with van der Waals surface area (Å²) in [4.78, 5) is 37.4. The molecular weight excluding hydrogens is 252 g/mol. The van der Waals surface area contributed by atoms with E-state index in [0.29, 0.717) is 0 Å². The molecule has 0 saturated carbocycles. The van der Waals surface area contributed by atoms with Crippen molar-refractivity contribution in [3.05, 3.63) is 28.0 Å². The van der Waals surface area contributed by atoms with Gasteiger partial charge in [0.2, 0.25) is 17.7 Å². The third-order valence-electron chi connectivity index (χ3n) is 2.41. The van der Waals surface area contributed by atoms with Crippen molar-refractivity contribution >= 4 is 35.1 Å². The molecule has 5 nitrogen and oxygen atoms in total. The van der Waals surface area contributed by atoms with Gasteiger partial charge in [-0.1, -0.05) is 0 Å². The summed E-state index contributed by atoms with van der Waals surface area (Å²) >= 11 is 1.57. The van der Waals surface area contributed by atoms with Crippen molar-refractivity contribution in [2.24, 2.45) is 0 Å². The average molecular weight is 264 g/mol. The van der Waals surface area contributed by atoms with E-state index in [4.69, 9.17) is 0 Å². The van der Waals surface area contributed by atoms with Gasteiger partial charge in [-0.2, -0.15) is 0 Å². The predicted octanol–water partition coefficient (Wildman–Crippen LogP) is 0.555. The third kappa shape index (κ3) is 3.04. The lowest BCUT2D eigenvalue weighted by atomic mass is 10.3. The number of imide groups is 1. The zero-order valence-electron chi connectivity index (χ0n) is 9.80. The number of aryl methyl sites for hydroxylation is 1. The molecule has 1 aromatic heterocycles. The third-order valence-corrected chi connectivity index (χ3v) is 3.38. The van der Waals surface area contributed by atoms with Crippen molar-refractivity contribution in [3.8, 4) is 0 Å². The summed E-state index contributed by atoms with van der Waals surface area (Å²) < 4.78 is 0. The fraction of sp³-hybridized carbons (Fsp3) is 0.250. The minimum atomic E-state index is -0.444. The molecule has 0 aromatic carbocycles. The van der Waals surface area contributed by atoms with Gasteiger partial charge in [-0.05, 0) is 25.1 Å². The Morgan fingerprint density at radius 1 is 1.33 bits per heavy atom. The number of piperazine rings is 1. The van der Waals surface area contributed by atoms with Crippen LogP contribution in [0.25, 0.3) is 6.08 Å². The van der Waals surface area contributed by atoms with Crippen LogP contribution in [0.15, 0.2) is 18.2 Å². The highest BCUT2D eigenvalue weighted by Crippen LogP contribution is 2.16. The van der Waals surface area contributed by atoms with Crippen molar-refractivity contribution in [2.45, 2.75) is 6.92 Å². The van der Waals surface area contributed by atoms with E-state index in [9.17, 15) is 14.4 Å². The van der Waals surface area contributed by atoms with Gasteiger partial charge in [0.05, 0.1) is 0 Å². The van der Waals surface area contributed by atoms with Gasteiger partial charge >= 0.3 is 0 Å². The molecule has 0 bridgehead atoms. The summed E-state index contributed by atoms with van der Waals surface area (Å²) in [6.07, 6.45) is 3.08.